The minimum absolute atomic E-state index is 0.641. The second-order valence-corrected chi connectivity index (χ2v) is 3.92. The van der Waals surface area contributed by atoms with Crippen molar-refractivity contribution in [3.8, 4) is 0 Å². The van der Waals surface area contributed by atoms with Crippen LogP contribution in [0.15, 0.2) is 36.5 Å². The molecular weight excluding hydrogens is 274 g/mol. The summed E-state index contributed by atoms with van der Waals surface area (Å²) in [7, 11) is 0. The second kappa shape index (κ2) is 6.23. The van der Waals surface area contributed by atoms with E-state index >= 15 is 0 Å². The van der Waals surface area contributed by atoms with E-state index in [0.29, 0.717) is 17.4 Å². The van der Waals surface area contributed by atoms with Gasteiger partial charge in [0.15, 0.2) is 0 Å². The normalized spacial score (nSPS) is 10.7. The molecule has 0 aliphatic rings. The molecule has 108 valence electrons. The van der Waals surface area contributed by atoms with Gasteiger partial charge in [-0.3, -0.25) is 0 Å². The minimum atomic E-state index is -4.65. The summed E-state index contributed by atoms with van der Waals surface area (Å²) in [5.74, 6) is -1.49. The number of aryl methyl sites for hydroxylation is 1. The summed E-state index contributed by atoms with van der Waals surface area (Å²) in [6, 6.07) is 7.29. The summed E-state index contributed by atoms with van der Waals surface area (Å²) in [4.78, 5) is 2.86. The average Bonchev–Trinajstić information content (AvgIpc) is 2.36. The van der Waals surface area contributed by atoms with E-state index in [2.05, 4.69) is 4.98 Å². The van der Waals surface area contributed by atoms with Crippen LogP contribution in [0.2, 0.25) is 0 Å². The highest BCUT2D eigenvalue weighted by Crippen LogP contribution is 2.29. The number of halogens is 4. The van der Waals surface area contributed by atoms with Crippen LogP contribution in [0.3, 0.4) is 0 Å². The lowest BCUT2D eigenvalue weighted by molar-refractivity contribution is -0.140. The van der Waals surface area contributed by atoms with Crippen LogP contribution in [0, 0.1) is 12.9 Å². The van der Waals surface area contributed by atoms with Crippen molar-refractivity contribution in [1.82, 2.24) is 4.98 Å². The molecular formula is C13H13F4N3. The maximum Gasteiger partial charge on any atom is 0.420 e. The van der Waals surface area contributed by atoms with Gasteiger partial charge in [-0.2, -0.15) is 17.6 Å². The molecule has 1 heterocycles. The first-order valence-electron chi connectivity index (χ1n) is 5.51. The van der Waals surface area contributed by atoms with Gasteiger partial charge in [-0.25, -0.2) is 4.98 Å². The molecule has 0 bridgehead atoms. The SMILES string of the molecule is Cc1cccc(N)c1N.Fc1ncccc1C(F)(F)F. The van der Waals surface area contributed by atoms with Crippen molar-refractivity contribution in [3.05, 3.63) is 53.6 Å². The van der Waals surface area contributed by atoms with Gasteiger partial charge in [0.05, 0.1) is 11.4 Å². The first-order valence-corrected chi connectivity index (χ1v) is 5.51. The minimum Gasteiger partial charge on any atom is -0.397 e. The van der Waals surface area contributed by atoms with Gasteiger partial charge >= 0.3 is 6.18 Å². The molecule has 0 aliphatic heterocycles. The van der Waals surface area contributed by atoms with E-state index in [-0.39, 0.29) is 0 Å². The fourth-order valence-electron chi connectivity index (χ4n) is 1.30. The Kier molecular flexibility index (Phi) is 4.90. The van der Waals surface area contributed by atoms with E-state index in [1.165, 1.54) is 0 Å². The highest BCUT2D eigenvalue weighted by atomic mass is 19.4. The number of benzene rings is 1. The zero-order valence-electron chi connectivity index (χ0n) is 10.6. The van der Waals surface area contributed by atoms with Crippen molar-refractivity contribution in [2.45, 2.75) is 13.1 Å². The van der Waals surface area contributed by atoms with Crippen molar-refractivity contribution < 1.29 is 17.6 Å². The third kappa shape index (κ3) is 4.11. The van der Waals surface area contributed by atoms with Gasteiger partial charge in [0.1, 0.15) is 5.56 Å². The van der Waals surface area contributed by atoms with Gasteiger partial charge < -0.3 is 11.5 Å². The van der Waals surface area contributed by atoms with Crippen LogP contribution in [-0.4, -0.2) is 4.98 Å². The van der Waals surface area contributed by atoms with Gasteiger partial charge in [-0.1, -0.05) is 12.1 Å². The van der Waals surface area contributed by atoms with E-state index in [1.54, 1.807) is 6.07 Å². The molecule has 0 amide bonds. The number of rotatable bonds is 0. The van der Waals surface area contributed by atoms with Crippen molar-refractivity contribution in [1.29, 1.82) is 0 Å². The third-order valence-electron chi connectivity index (χ3n) is 2.42. The molecule has 2 aromatic rings. The third-order valence-corrected chi connectivity index (χ3v) is 2.42. The topological polar surface area (TPSA) is 64.9 Å². The lowest BCUT2D eigenvalue weighted by Gasteiger charge is -2.04. The summed E-state index contributed by atoms with van der Waals surface area (Å²) in [6.45, 7) is 1.94. The Morgan fingerprint density at radius 3 is 2.10 bits per heavy atom. The molecule has 3 nitrogen and oxygen atoms in total. The number of para-hydroxylation sites is 1. The molecule has 0 fully saturated rings. The van der Waals surface area contributed by atoms with Crippen LogP contribution in [0.4, 0.5) is 28.9 Å². The number of nitrogen functional groups attached to an aromatic ring is 2. The fourth-order valence-corrected chi connectivity index (χ4v) is 1.30. The van der Waals surface area contributed by atoms with E-state index in [1.807, 2.05) is 19.1 Å². The van der Waals surface area contributed by atoms with Gasteiger partial charge in [-0.05, 0) is 30.7 Å². The molecule has 2 rings (SSSR count). The monoisotopic (exact) mass is 287 g/mol. The van der Waals surface area contributed by atoms with E-state index in [0.717, 1.165) is 17.8 Å². The predicted octanol–water partition coefficient (Wildman–Crippen LogP) is 3.40. The number of anilines is 2. The van der Waals surface area contributed by atoms with Crippen LogP contribution < -0.4 is 11.5 Å². The first-order chi connectivity index (χ1) is 9.23. The molecule has 1 aromatic carbocycles. The van der Waals surface area contributed by atoms with Crippen LogP contribution in [0.1, 0.15) is 11.1 Å². The smallest absolute Gasteiger partial charge is 0.397 e. The average molecular weight is 287 g/mol. The Labute approximate surface area is 113 Å². The second-order valence-electron chi connectivity index (χ2n) is 3.92. The summed E-state index contributed by atoms with van der Waals surface area (Å²) in [5.41, 5.74) is 12.1. The summed E-state index contributed by atoms with van der Waals surface area (Å²) < 4.78 is 47.6. The Balaban J connectivity index is 0.000000204. The van der Waals surface area contributed by atoms with E-state index in [9.17, 15) is 17.6 Å². The first kappa shape index (κ1) is 15.7. The maximum absolute atomic E-state index is 12.3. The Bertz CT molecular complexity index is 562. The zero-order chi connectivity index (χ0) is 15.3. The van der Waals surface area contributed by atoms with Crippen LogP contribution >= 0.6 is 0 Å². The lowest BCUT2D eigenvalue weighted by atomic mass is 10.2. The number of aromatic nitrogens is 1. The number of hydrogen-bond acceptors (Lipinski definition) is 3. The molecule has 20 heavy (non-hydrogen) atoms. The van der Waals surface area contributed by atoms with E-state index in [4.69, 9.17) is 11.5 Å². The van der Waals surface area contributed by atoms with Crippen LogP contribution in [-0.2, 0) is 6.18 Å². The van der Waals surface area contributed by atoms with Gasteiger partial charge in [0, 0.05) is 6.20 Å². The highest BCUT2D eigenvalue weighted by molar-refractivity contribution is 5.66. The lowest BCUT2D eigenvalue weighted by Crippen LogP contribution is -2.08. The van der Waals surface area contributed by atoms with E-state index < -0.39 is 17.7 Å². The number of alkyl halides is 3. The Morgan fingerprint density at radius 2 is 1.70 bits per heavy atom. The number of hydrogen-bond donors (Lipinski definition) is 2. The number of pyridine rings is 1. The molecule has 0 saturated carbocycles. The molecule has 4 N–H and O–H groups in total. The summed E-state index contributed by atoms with van der Waals surface area (Å²) >= 11 is 0. The zero-order valence-corrected chi connectivity index (χ0v) is 10.6. The van der Waals surface area contributed by atoms with Crippen LogP contribution in [0.25, 0.3) is 0 Å². The fraction of sp³-hybridized carbons (Fsp3) is 0.154. The maximum atomic E-state index is 12.3. The van der Waals surface area contributed by atoms with Crippen molar-refractivity contribution in [3.63, 3.8) is 0 Å². The summed E-state index contributed by atoms with van der Waals surface area (Å²) in [6.07, 6.45) is -3.69. The van der Waals surface area contributed by atoms with Gasteiger partial charge in [0.2, 0.25) is 5.95 Å². The van der Waals surface area contributed by atoms with Crippen molar-refractivity contribution in [2.75, 3.05) is 11.5 Å². The van der Waals surface area contributed by atoms with Crippen molar-refractivity contribution >= 4 is 11.4 Å². The largest absolute Gasteiger partial charge is 0.420 e. The molecule has 0 unspecified atom stereocenters. The molecule has 1 aromatic heterocycles. The van der Waals surface area contributed by atoms with Gasteiger partial charge in [0.25, 0.3) is 0 Å². The Hall–Kier alpha value is -2.31. The molecule has 0 aliphatic carbocycles. The van der Waals surface area contributed by atoms with Crippen molar-refractivity contribution in [2.24, 2.45) is 0 Å². The number of nitrogens with two attached hydrogens (primary N) is 2. The highest BCUT2D eigenvalue weighted by Gasteiger charge is 2.34. The molecule has 0 radical (unpaired) electrons. The number of nitrogens with zero attached hydrogens (tertiary/aromatic N) is 1. The molecule has 0 spiro atoms. The Morgan fingerprint density at radius 1 is 1.05 bits per heavy atom. The standard InChI is InChI=1S/C7H10N2.C6H3F4N/c1-5-3-2-4-6(8)7(5)9;7-5-4(6(8,9)10)2-1-3-11-5/h2-4H,8-9H2,1H3;1-3H. The summed E-state index contributed by atoms with van der Waals surface area (Å²) in [5, 5.41) is 0. The molecule has 7 heteroatoms. The quantitative estimate of drug-likeness (QED) is 0.443. The van der Waals surface area contributed by atoms with Crippen LogP contribution in [0.5, 0.6) is 0 Å². The van der Waals surface area contributed by atoms with Gasteiger partial charge in [-0.15, -0.1) is 0 Å². The predicted molar refractivity (Wildman–Crippen MR) is 69.2 cm³/mol. The molecule has 0 atom stereocenters. The molecule has 0 saturated heterocycles.